The number of rotatable bonds is 1. The summed E-state index contributed by atoms with van der Waals surface area (Å²) in [5, 5.41) is 0. The van der Waals surface area contributed by atoms with Crippen molar-refractivity contribution in [1.29, 1.82) is 0 Å². The van der Waals surface area contributed by atoms with Crippen molar-refractivity contribution in [3.05, 3.63) is 55.1 Å². The topological polar surface area (TPSA) is 29.5 Å². The quantitative estimate of drug-likeness (QED) is 0.553. The first-order valence-corrected chi connectivity index (χ1v) is 9.74. The van der Waals surface area contributed by atoms with Crippen molar-refractivity contribution < 1.29 is 9.53 Å². The maximum Gasteiger partial charge on any atom is 0.410 e. The molecule has 1 atom stereocenters. The first-order valence-electron chi connectivity index (χ1n) is 7.75. The van der Waals surface area contributed by atoms with Crippen molar-refractivity contribution in [3.63, 3.8) is 0 Å². The number of fused-ring (bicyclic) bond motifs is 1. The monoisotopic (exact) mass is 427 g/mol. The molecule has 0 spiro atoms. The van der Waals surface area contributed by atoms with Gasteiger partial charge in [-0.2, -0.15) is 0 Å². The van der Waals surface area contributed by atoms with Gasteiger partial charge in [-0.1, -0.05) is 45.7 Å². The number of thiophene rings is 1. The Morgan fingerprint density at radius 1 is 1.33 bits per heavy atom. The molecule has 0 saturated carbocycles. The summed E-state index contributed by atoms with van der Waals surface area (Å²) >= 11 is 11.4. The van der Waals surface area contributed by atoms with Gasteiger partial charge >= 0.3 is 6.09 Å². The molecule has 2 heterocycles. The van der Waals surface area contributed by atoms with E-state index in [2.05, 4.69) is 22.0 Å². The number of amides is 1. The van der Waals surface area contributed by atoms with E-state index in [-0.39, 0.29) is 12.0 Å². The Bertz CT molecular complexity index is 769. The number of carbonyl (C=O) groups is 1. The molecular weight excluding hydrogens is 410 g/mol. The summed E-state index contributed by atoms with van der Waals surface area (Å²) in [6, 6.07) is 10.1. The van der Waals surface area contributed by atoms with Crippen molar-refractivity contribution >= 4 is 45.0 Å². The number of carbonyl (C=O) groups excluding carboxylic acids is 1. The minimum Gasteiger partial charge on any atom is -0.444 e. The molecule has 0 N–H and O–H groups in total. The van der Waals surface area contributed by atoms with Crippen LogP contribution in [0.3, 0.4) is 0 Å². The second-order valence-corrected chi connectivity index (χ2v) is 9.49. The number of hydrogen-bond acceptors (Lipinski definition) is 3. The summed E-state index contributed by atoms with van der Waals surface area (Å²) < 4.78 is 7.35. The van der Waals surface area contributed by atoms with Crippen LogP contribution in [0.15, 0.2) is 34.8 Å². The van der Waals surface area contributed by atoms with E-state index in [0.29, 0.717) is 13.1 Å². The van der Waals surface area contributed by atoms with Crippen molar-refractivity contribution in [3.8, 4) is 0 Å². The Hall–Kier alpha value is -1.04. The fraction of sp³-hybridized carbons (Fsp3) is 0.389. The van der Waals surface area contributed by atoms with Crippen LogP contribution in [0.1, 0.15) is 42.7 Å². The fourth-order valence-electron chi connectivity index (χ4n) is 2.87. The Labute approximate surface area is 159 Å². The lowest BCUT2D eigenvalue weighted by Crippen LogP contribution is -2.41. The molecule has 24 heavy (non-hydrogen) atoms. The predicted octanol–water partition coefficient (Wildman–Crippen LogP) is 6.05. The first kappa shape index (κ1) is 17.8. The second kappa shape index (κ2) is 6.70. The number of benzene rings is 1. The van der Waals surface area contributed by atoms with Crippen LogP contribution in [-0.4, -0.2) is 23.1 Å². The van der Waals surface area contributed by atoms with Crippen LogP contribution in [0.5, 0.6) is 0 Å². The van der Waals surface area contributed by atoms with E-state index in [1.54, 1.807) is 4.90 Å². The van der Waals surface area contributed by atoms with Crippen molar-refractivity contribution in [2.24, 2.45) is 0 Å². The van der Waals surface area contributed by atoms with Gasteiger partial charge in [-0.25, -0.2) is 4.79 Å². The maximum atomic E-state index is 12.6. The van der Waals surface area contributed by atoms with Crippen LogP contribution in [0.4, 0.5) is 4.79 Å². The lowest BCUT2D eigenvalue weighted by atomic mass is 9.88. The molecule has 1 aromatic heterocycles. The van der Waals surface area contributed by atoms with Crippen LogP contribution >= 0.6 is 38.9 Å². The minimum atomic E-state index is -0.507. The standard InChI is InChI=1S/C18H19BrClNO2S/c1-18(2,3)23-17(22)21-9-13(11-6-4-5-7-14(11)19)12-8-16(20)24-15(12)10-21/h4-8,13H,9-10H2,1-3H3. The molecule has 0 saturated heterocycles. The van der Waals surface area contributed by atoms with E-state index in [9.17, 15) is 4.79 Å². The molecule has 6 heteroatoms. The Morgan fingerprint density at radius 3 is 2.71 bits per heavy atom. The lowest BCUT2D eigenvalue weighted by Gasteiger charge is -2.34. The van der Waals surface area contributed by atoms with Gasteiger partial charge in [0.05, 0.1) is 10.9 Å². The van der Waals surface area contributed by atoms with Gasteiger partial charge in [-0.05, 0) is 44.0 Å². The summed E-state index contributed by atoms with van der Waals surface area (Å²) in [4.78, 5) is 15.4. The van der Waals surface area contributed by atoms with E-state index < -0.39 is 5.60 Å². The molecule has 0 radical (unpaired) electrons. The first-order chi connectivity index (χ1) is 11.2. The lowest BCUT2D eigenvalue weighted by molar-refractivity contribution is 0.0216. The predicted molar refractivity (Wildman–Crippen MR) is 102 cm³/mol. The van der Waals surface area contributed by atoms with Gasteiger partial charge in [0.2, 0.25) is 0 Å². The van der Waals surface area contributed by atoms with Gasteiger partial charge in [-0.15, -0.1) is 11.3 Å². The van der Waals surface area contributed by atoms with Gasteiger partial charge in [-0.3, -0.25) is 0 Å². The van der Waals surface area contributed by atoms with Crippen LogP contribution in [0.2, 0.25) is 4.34 Å². The average molecular weight is 429 g/mol. The van der Waals surface area contributed by atoms with E-state index in [1.165, 1.54) is 16.9 Å². The highest BCUT2D eigenvalue weighted by Gasteiger charge is 2.33. The average Bonchev–Trinajstić information content (AvgIpc) is 2.85. The van der Waals surface area contributed by atoms with Gasteiger partial charge in [0, 0.05) is 21.8 Å². The van der Waals surface area contributed by atoms with Gasteiger partial charge in [0.1, 0.15) is 5.60 Å². The molecule has 1 aliphatic heterocycles. The zero-order valence-electron chi connectivity index (χ0n) is 13.8. The fourth-order valence-corrected chi connectivity index (χ4v) is 4.79. The van der Waals surface area contributed by atoms with Gasteiger partial charge < -0.3 is 9.64 Å². The summed E-state index contributed by atoms with van der Waals surface area (Å²) in [7, 11) is 0. The second-order valence-electron chi connectivity index (χ2n) is 6.86. The highest BCUT2D eigenvalue weighted by atomic mass is 79.9. The normalized spacial score (nSPS) is 17.5. The van der Waals surface area contributed by atoms with Gasteiger partial charge in [0.15, 0.2) is 0 Å². The molecule has 2 aromatic rings. The highest BCUT2D eigenvalue weighted by Crippen LogP contribution is 2.42. The Kier molecular flexibility index (Phi) is 4.96. The summed E-state index contributed by atoms with van der Waals surface area (Å²) in [6.45, 7) is 6.77. The molecule has 0 bridgehead atoms. The van der Waals surface area contributed by atoms with E-state index in [1.807, 2.05) is 45.0 Å². The molecule has 128 valence electrons. The van der Waals surface area contributed by atoms with E-state index >= 15 is 0 Å². The van der Waals surface area contributed by atoms with E-state index in [4.69, 9.17) is 16.3 Å². The molecule has 1 aliphatic rings. The molecule has 3 nitrogen and oxygen atoms in total. The Balaban J connectivity index is 1.96. The largest absolute Gasteiger partial charge is 0.444 e. The third-order valence-electron chi connectivity index (χ3n) is 3.86. The minimum absolute atomic E-state index is 0.0839. The number of halogens is 2. The Morgan fingerprint density at radius 2 is 2.04 bits per heavy atom. The van der Waals surface area contributed by atoms with Crippen LogP contribution in [-0.2, 0) is 11.3 Å². The zero-order valence-corrected chi connectivity index (χ0v) is 17.0. The number of nitrogens with zero attached hydrogens (tertiary/aromatic N) is 1. The molecular formula is C18H19BrClNO2S. The highest BCUT2D eigenvalue weighted by molar-refractivity contribution is 9.10. The number of hydrogen-bond donors (Lipinski definition) is 0. The summed E-state index contributed by atoms with van der Waals surface area (Å²) in [6.07, 6.45) is -0.283. The van der Waals surface area contributed by atoms with Gasteiger partial charge in [0.25, 0.3) is 0 Å². The van der Waals surface area contributed by atoms with Crippen molar-refractivity contribution in [1.82, 2.24) is 4.90 Å². The van der Waals surface area contributed by atoms with Crippen LogP contribution < -0.4 is 0 Å². The molecule has 3 rings (SSSR count). The zero-order chi connectivity index (χ0) is 17.5. The van der Waals surface area contributed by atoms with Crippen LogP contribution in [0, 0.1) is 0 Å². The SMILES string of the molecule is CC(C)(C)OC(=O)N1Cc2sc(Cl)cc2C(c2ccccc2Br)C1. The van der Waals surface area contributed by atoms with Crippen molar-refractivity contribution in [2.45, 2.75) is 38.8 Å². The van der Waals surface area contributed by atoms with E-state index in [0.717, 1.165) is 19.2 Å². The summed E-state index contributed by atoms with van der Waals surface area (Å²) in [5.41, 5.74) is 1.85. The summed E-state index contributed by atoms with van der Waals surface area (Å²) in [5.74, 6) is 0.0839. The molecule has 1 aromatic carbocycles. The third-order valence-corrected chi connectivity index (χ3v) is 5.84. The van der Waals surface area contributed by atoms with Crippen molar-refractivity contribution in [2.75, 3.05) is 6.54 Å². The van der Waals surface area contributed by atoms with Crippen LogP contribution in [0.25, 0.3) is 0 Å². The number of ether oxygens (including phenoxy) is 1. The molecule has 1 unspecified atom stereocenters. The molecule has 0 aliphatic carbocycles. The molecule has 1 amide bonds. The molecule has 0 fully saturated rings. The maximum absolute atomic E-state index is 12.6. The third kappa shape index (κ3) is 3.79. The smallest absolute Gasteiger partial charge is 0.410 e.